The van der Waals surface area contributed by atoms with Gasteiger partial charge in [-0.3, -0.25) is 15.1 Å². The molecule has 0 bridgehead atoms. The summed E-state index contributed by atoms with van der Waals surface area (Å²) in [5.41, 5.74) is 2.35. The fraction of sp³-hybridized carbons (Fsp3) is 0.643. The Bertz CT molecular complexity index is 460. The minimum atomic E-state index is -0.311. The molecule has 5 nitrogen and oxygen atoms in total. The molecule has 0 aromatic carbocycles. The number of nitro groups is 1. The largest absolute Gasteiger partial charge is 0.314 e. The molecule has 0 aliphatic carbocycles. The molecule has 1 heterocycles. The summed E-state index contributed by atoms with van der Waals surface area (Å²) in [6.07, 6.45) is 2.35. The van der Waals surface area contributed by atoms with Crippen molar-refractivity contribution in [1.29, 1.82) is 0 Å². The molecular formula is C14H23N3O2. The van der Waals surface area contributed by atoms with E-state index in [-0.39, 0.29) is 10.6 Å². The lowest BCUT2D eigenvalue weighted by molar-refractivity contribution is -0.386. The van der Waals surface area contributed by atoms with Gasteiger partial charge < -0.3 is 5.32 Å². The van der Waals surface area contributed by atoms with Crippen molar-refractivity contribution < 1.29 is 4.92 Å². The average molecular weight is 265 g/mol. The molecule has 0 fully saturated rings. The van der Waals surface area contributed by atoms with Gasteiger partial charge in [0.15, 0.2) is 0 Å². The van der Waals surface area contributed by atoms with E-state index in [1.54, 1.807) is 20.0 Å². The number of rotatable bonds is 6. The predicted molar refractivity (Wildman–Crippen MR) is 76.4 cm³/mol. The zero-order valence-electron chi connectivity index (χ0n) is 12.4. The van der Waals surface area contributed by atoms with Crippen LogP contribution in [0.2, 0.25) is 0 Å². The second-order valence-electron chi connectivity index (χ2n) is 5.15. The van der Waals surface area contributed by atoms with E-state index in [9.17, 15) is 10.1 Å². The third-order valence-electron chi connectivity index (χ3n) is 3.65. The lowest BCUT2D eigenvalue weighted by Gasteiger charge is -2.21. The molecule has 1 rings (SSSR count). The molecule has 0 saturated carbocycles. The van der Waals surface area contributed by atoms with Crippen LogP contribution >= 0.6 is 0 Å². The SMILES string of the molecule is CCNC(C)C(C)Cc1ncc(C)c([N+](=O)[O-])c1C. The zero-order chi connectivity index (χ0) is 14.6. The van der Waals surface area contributed by atoms with Gasteiger partial charge in [-0.2, -0.15) is 0 Å². The van der Waals surface area contributed by atoms with Gasteiger partial charge in [0.1, 0.15) is 0 Å². The van der Waals surface area contributed by atoms with Gasteiger partial charge in [0.2, 0.25) is 0 Å². The van der Waals surface area contributed by atoms with Crippen LogP contribution in [0.15, 0.2) is 6.20 Å². The summed E-state index contributed by atoms with van der Waals surface area (Å²) in [5.74, 6) is 0.383. The highest BCUT2D eigenvalue weighted by atomic mass is 16.6. The Morgan fingerprint density at radius 2 is 2.05 bits per heavy atom. The lowest BCUT2D eigenvalue weighted by Crippen LogP contribution is -2.33. The molecule has 0 spiro atoms. The monoisotopic (exact) mass is 265 g/mol. The van der Waals surface area contributed by atoms with Crippen LogP contribution in [-0.2, 0) is 6.42 Å². The van der Waals surface area contributed by atoms with Crippen LogP contribution in [0.4, 0.5) is 5.69 Å². The molecule has 2 unspecified atom stereocenters. The molecular weight excluding hydrogens is 242 g/mol. The van der Waals surface area contributed by atoms with E-state index >= 15 is 0 Å². The summed E-state index contributed by atoms with van der Waals surface area (Å²) in [6.45, 7) is 10.8. The second-order valence-corrected chi connectivity index (χ2v) is 5.15. The van der Waals surface area contributed by atoms with E-state index in [0.717, 1.165) is 18.7 Å². The third kappa shape index (κ3) is 3.73. The highest BCUT2D eigenvalue weighted by molar-refractivity contribution is 5.47. The topological polar surface area (TPSA) is 68.1 Å². The molecule has 5 heteroatoms. The fourth-order valence-electron chi connectivity index (χ4n) is 2.26. The first-order chi connectivity index (χ1) is 8.88. The second kappa shape index (κ2) is 6.61. The molecule has 0 aliphatic heterocycles. The Morgan fingerprint density at radius 3 is 2.58 bits per heavy atom. The van der Waals surface area contributed by atoms with E-state index in [1.807, 2.05) is 0 Å². The highest BCUT2D eigenvalue weighted by Gasteiger charge is 2.21. The van der Waals surface area contributed by atoms with Crippen LogP contribution in [0.3, 0.4) is 0 Å². The summed E-state index contributed by atoms with van der Waals surface area (Å²) in [4.78, 5) is 15.1. The molecule has 0 aliphatic rings. The van der Waals surface area contributed by atoms with Crippen LogP contribution in [0, 0.1) is 29.9 Å². The van der Waals surface area contributed by atoms with Crippen molar-refractivity contribution in [2.24, 2.45) is 5.92 Å². The maximum Gasteiger partial charge on any atom is 0.278 e. The van der Waals surface area contributed by atoms with E-state index in [0.29, 0.717) is 23.1 Å². The summed E-state index contributed by atoms with van der Waals surface area (Å²) in [7, 11) is 0. The molecule has 106 valence electrons. The van der Waals surface area contributed by atoms with Gasteiger partial charge in [-0.05, 0) is 39.7 Å². The Morgan fingerprint density at radius 1 is 1.42 bits per heavy atom. The minimum absolute atomic E-state index is 0.202. The van der Waals surface area contributed by atoms with Crippen LogP contribution in [0.5, 0.6) is 0 Å². The van der Waals surface area contributed by atoms with Crippen LogP contribution in [-0.4, -0.2) is 22.5 Å². The maximum absolute atomic E-state index is 11.1. The first kappa shape index (κ1) is 15.6. The number of aromatic nitrogens is 1. The average Bonchev–Trinajstić information content (AvgIpc) is 2.32. The Hall–Kier alpha value is -1.49. The Kier molecular flexibility index (Phi) is 5.42. The molecule has 1 aromatic heterocycles. The van der Waals surface area contributed by atoms with Crippen molar-refractivity contribution in [3.8, 4) is 0 Å². The van der Waals surface area contributed by atoms with Crippen LogP contribution in [0.25, 0.3) is 0 Å². The molecule has 1 N–H and O–H groups in total. The van der Waals surface area contributed by atoms with Crippen molar-refractivity contribution in [2.45, 2.75) is 47.1 Å². The van der Waals surface area contributed by atoms with Crippen molar-refractivity contribution in [1.82, 2.24) is 10.3 Å². The zero-order valence-corrected chi connectivity index (χ0v) is 12.4. The highest BCUT2D eigenvalue weighted by Crippen LogP contribution is 2.25. The predicted octanol–water partition coefficient (Wildman–Crippen LogP) is 2.78. The molecule has 19 heavy (non-hydrogen) atoms. The fourth-order valence-corrected chi connectivity index (χ4v) is 2.26. The Balaban J connectivity index is 2.97. The summed E-state index contributed by atoms with van der Waals surface area (Å²) >= 11 is 0. The van der Waals surface area contributed by atoms with Gasteiger partial charge in [0.25, 0.3) is 5.69 Å². The first-order valence-electron chi connectivity index (χ1n) is 6.71. The standard InChI is InChI=1S/C14H23N3O2/c1-6-15-12(5)9(2)7-13-11(4)14(17(18)19)10(3)8-16-13/h8-9,12,15H,6-7H2,1-5H3. The number of nitrogens with one attached hydrogen (secondary N) is 1. The van der Waals surface area contributed by atoms with Crippen molar-refractivity contribution >= 4 is 5.69 Å². The molecule has 1 aromatic rings. The minimum Gasteiger partial charge on any atom is -0.314 e. The van der Waals surface area contributed by atoms with Gasteiger partial charge in [-0.1, -0.05) is 13.8 Å². The lowest BCUT2D eigenvalue weighted by atomic mass is 9.95. The van der Waals surface area contributed by atoms with Gasteiger partial charge in [-0.25, -0.2) is 0 Å². The van der Waals surface area contributed by atoms with Gasteiger partial charge >= 0.3 is 0 Å². The first-order valence-corrected chi connectivity index (χ1v) is 6.71. The number of pyridine rings is 1. The number of aryl methyl sites for hydroxylation is 1. The van der Waals surface area contributed by atoms with Gasteiger partial charge in [0.05, 0.1) is 10.6 Å². The summed E-state index contributed by atoms with van der Waals surface area (Å²) < 4.78 is 0. The third-order valence-corrected chi connectivity index (χ3v) is 3.65. The van der Waals surface area contributed by atoms with E-state index < -0.39 is 0 Å². The van der Waals surface area contributed by atoms with Gasteiger partial charge in [0, 0.05) is 23.4 Å². The van der Waals surface area contributed by atoms with E-state index in [1.165, 1.54) is 0 Å². The van der Waals surface area contributed by atoms with Gasteiger partial charge in [-0.15, -0.1) is 0 Å². The Labute approximate surface area is 114 Å². The summed E-state index contributed by atoms with van der Waals surface area (Å²) in [6, 6.07) is 0.367. The van der Waals surface area contributed by atoms with Crippen LogP contribution in [0.1, 0.15) is 37.6 Å². The molecule has 0 saturated heterocycles. The molecule has 0 amide bonds. The van der Waals surface area contributed by atoms with Crippen LogP contribution < -0.4 is 5.32 Å². The molecule has 0 radical (unpaired) electrons. The number of hydrogen-bond acceptors (Lipinski definition) is 4. The van der Waals surface area contributed by atoms with E-state index in [4.69, 9.17) is 0 Å². The summed E-state index contributed by atoms with van der Waals surface area (Å²) in [5, 5.41) is 14.5. The maximum atomic E-state index is 11.1. The number of hydrogen-bond donors (Lipinski definition) is 1. The van der Waals surface area contributed by atoms with E-state index in [2.05, 4.69) is 31.1 Å². The smallest absolute Gasteiger partial charge is 0.278 e. The van der Waals surface area contributed by atoms with Crippen molar-refractivity contribution in [3.05, 3.63) is 33.1 Å². The quantitative estimate of drug-likeness (QED) is 0.634. The normalized spacial score (nSPS) is 14.2. The number of nitrogens with zero attached hydrogens (tertiary/aromatic N) is 2. The molecule has 2 atom stereocenters. The van der Waals surface area contributed by atoms with Crippen molar-refractivity contribution in [2.75, 3.05) is 6.54 Å². The van der Waals surface area contributed by atoms with Crippen molar-refractivity contribution in [3.63, 3.8) is 0 Å².